The van der Waals surface area contributed by atoms with Gasteiger partial charge in [-0.1, -0.05) is 13.0 Å². The number of hydrogen-bond acceptors (Lipinski definition) is 3. The molecule has 0 radical (unpaired) electrons. The lowest BCUT2D eigenvalue weighted by atomic mass is 9.82. The standard InChI is InChI=1S/C16H20N2O3/c1-16(4-6-21-7-5-16)10-17-15(20)12-3-2-11-9-14(19)18-13(11)8-12/h2-3,8H,4-7,9-10H2,1H3,(H,17,20)(H,18,19). The highest BCUT2D eigenvalue weighted by Crippen LogP contribution is 2.29. The minimum absolute atomic E-state index is 0.0164. The van der Waals surface area contributed by atoms with Gasteiger partial charge in [-0.05, 0) is 36.0 Å². The van der Waals surface area contributed by atoms with Crippen LogP contribution in [-0.4, -0.2) is 31.6 Å². The van der Waals surface area contributed by atoms with Gasteiger partial charge in [-0.15, -0.1) is 0 Å². The smallest absolute Gasteiger partial charge is 0.251 e. The fraction of sp³-hybridized carbons (Fsp3) is 0.500. The zero-order valence-electron chi connectivity index (χ0n) is 12.2. The van der Waals surface area contributed by atoms with Crippen LogP contribution < -0.4 is 10.6 Å². The fourth-order valence-corrected chi connectivity index (χ4v) is 2.79. The number of carbonyl (C=O) groups excluding carboxylic acids is 2. The highest BCUT2D eigenvalue weighted by Gasteiger charge is 2.28. The first-order valence-corrected chi connectivity index (χ1v) is 7.34. The van der Waals surface area contributed by atoms with Crippen LogP contribution in [0.2, 0.25) is 0 Å². The Balaban J connectivity index is 1.63. The van der Waals surface area contributed by atoms with Crippen molar-refractivity contribution in [3.8, 4) is 0 Å². The highest BCUT2D eigenvalue weighted by atomic mass is 16.5. The molecule has 0 aromatic heterocycles. The molecule has 0 unspecified atom stereocenters. The summed E-state index contributed by atoms with van der Waals surface area (Å²) in [5, 5.41) is 5.77. The molecule has 5 heteroatoms. The lowest BCUT2D eigenvalue weighted by Gasteiger charge is -2.33. The molecular weight excluding hydrogens is 268 g/mol. The van der Waals surface area contributed by atoms with Gasteiger partial charge in [0.2, 0.25) is 5.91 Å². The quantitative estimate of drug-likeness (QED) is 0.890. The first-order chi connectivity index (χ1) is 10.1. The SMILES string of the molecule is CC1(CNC(=O)c2ccc3c(c2)NC(=O)C3)CCOCC1. The number of fused-ring (bicyclic) bond motifs is 1. The lowest BCUT2D eigenvalue weighted by Crippen LogP contribution is -2.39. The Labute approximate surface area is 124 Å². The predicted octanol–water partition coefficient (Wildman–Crippen LogP) is 1.73. The average molecular weight is 288 g/mol. The van der Waals surface area contributed by atoms with E-state index in [9.17, 15) is 9.59 Å². The Morgan fingerprint density at radius 3 is 2.90 bits per heavy atom. The molecular formula is C16H20N2O3. The third-order valence-electron chi connectivity index (χ3n) is 4.37. The van der Waals surface area contributed by atoms with Gasteiger partial charge in [-0.2, -0.15) is 0 Å². The van der Waals surface area contributed by atoms with Gasteiger partial charge < -0.3 is 15.4 Å². The number of hydrogen-bond donors (Lipinski definition) is 2. The molecule has 1 saturated heterocycles. The number of ether oxygens (including phenoxy) is 1. The maximum atomic E-state index is 12.3. The summed E-state index contributed by atoms with van der Waals surface area (Å²) in [6.45, 7) is 4.35. The van der Waals surface area contributed by atoms with E-state index in [1.54, 1.807) is 12.1 Å². The summed E-state index contributed by atoms with van der Waals surface area (Å²) in [5.74, 6) is -0.107. The molecule has 5 nitrogen and oxygen atoms in total. The predicted molar refractivity (Wildman–Crippen MR) is 79.3 cm³/mol. The van der Waals surface area contributed by atoms with Crippen LogP contribution in [0.4, 0.5) is 5.69 Å². The molecule has 0 saturated carbocycles. The Morgan fingerprint density at radius 2 is 2.14 bits per heavy atom. The zero-order valence-corrected chi connectivity index (χ0v) is 12.2. The van der Waals surface area contributed by atoms with Crippen molar-refractivity contribution in [1.82, 2.24) is 5.32 Å². The Bertz CT molecular complexity index is 577. The summed E-state index contributed by atoms with van der Waals surface area (Å²) >= 11 is 0. The summed E-state index contributed by atoms with van der Waals surface area (Å²) in [5.41, 5.74) is 2.41. The average Bonchev–Trinajstić information content (AvgIpc) is 2.84. The molecule has 0 bridgehead atoms. The summed E-state index contributed by atoms with van der Waals surface area (Å²) in [6, 6.07) is 5.38. The van der Waals surface area contributed by atoms with Gasteiger partial charge >= 0.3 is 0 Å². The minimum atomic E-state index is -0.0911. The second-order valence-electron chi connectivity index (χ2n) is 6.20. The van der Waals surface area contributed by atoms with Gasteiger partial charge in [-0.3, -0.25) is 9.59 Å². The van der Waals surface area contributed by atoms with Crippen LogP contribution in [0.1, 0.15) is 35.7 Å². The van der Waals surface area contributed by atoms with Crippen molar-refractivity contribution in [2.75, 3.05) is 25.1 Å². The zero-order chi connectivity index (χ0) is 14.9. The van der Waals surface area contributed by atoms with Crippen LogP contribution in [0.15, 0.2) is 18.2 Å². The molecule has 0 aliphatic carbocycles. The molecule has 3 rings (SSSR count). The van der Waals surface area contributed by atoms with Crippen LogP contribution in [0.25, 0.3) is 0 Å². The highest BCUT2D eigenvalue weighted by molar-refractivity contribution is 6.02. The normalized spacial score (nSPS) is 19.8. The van der Waals surface area contributed by atoms with Gasteiger partial charge in [0.05, 0.1) is 6.42 Å². The topological polar surface area (TPSA) is 67.4 Å². The van der Waals surface area contributed by atoms with Crippen molar-refractivity contribution in [3.63, 3.8) is 0 Å². The van der Waals surface area contributed by atoms with E-state index >= 15 is 0 Å². The number of carbonyl (C=O) groups is 2. The van der Waals surface area contributed by atoms with Gasteiger partial charge in [0.1, 0.15) is 0 Å². The molecule has 112 valence electrons. The largest absolute Gasteiger partial charge is 0.381 e. The summed E-state index contributed by atoms with van der Waals surface area (Å²) in [4.78, 5) is 23.6. The molecule has 1 aromatic carbocycles. The van der Waals surface area contributed by atoms with Crippen LogP contribution in [0, 0.1) is 5.41 Å². The van der Waals surface area contributed by atoms with E-state index < -0.39 is 0 Å². The number of rotatable bonds is 3. The monoisotopic (exact) mass is 288 g/mol. The van der Waals surface area contributed by atoms with Gasteiger partial charge in [0, 0.05) is 31.0 Å². The van der Waals surface area contributed by atoms with Crippen molar-refractivity contribution in [1.29, 1.82) is 0 Å². The number of nitrogens with one attached hydrogen (secondary N) is 2. The molecule has 2 aliphatic heterocycles. The third-order valence-corrected chi connectivity index (χ3v) is 4.37. The van der Waals surface area contributed by atoms with Crippen LogP contribution in [0.5, 0.6) is 0 Å². The molecule has 1 aromatic rings. The Kier molecular flexibility index (Phi) is 3.68. The van der Waals surface area contributed by atoms with Gasteiger partial charge in [-0.25, -0.2) is 0 Å². The molecule has 1 fully saturated rings. The van der Waals surface area contributed by atoms with Crippen LogP contribution >= 0.6 is 0 Å². The molecule has 21 heavy (non-hydrogen) atoms. The van der Waals surface area contributed by atoms with Crippen molar-refractivity contribution in [3.05, 3.63) is 29.3 Å². The molecule has 0 atom stereocenters. The first kappa shape index (κ1) is 14.1. The fourth-order valence-electron chi connectivity index (χ4n) is 2.79. The first-order valence-electron chi connectivity index (χ1n) is 7.34. The van der Waals surface area contributed by atoms with E-state index in [2.05, 4.69) is 17.6 Å². The number of benzene rings is 1. The van der Waals surface area contributed by atoms with Crippen molar-refractivity contribution >= 4 is 17.5 Å². The van der Waals surface area contributed by atoms with Crippen molar-refractivity contribution < 1.29 is 14.3 Å². The summed E-state index contributed by atoms with van der Waals surface area (Å²) in [6.07, 6.45) is 2.33. The maximum Gasteiger partial charge on any atom is 0.251 e. The Morgan fingerprint density at radius 1 is 1.38 bits per heavy atom. The molecule has 2 N–H and O–H groups in total. The van der Waals surface area contributed by atoms with E-state index in [0.29, 0.717) is 18.5 Å². The molecule has 2 amide bonds. The summed E-state index contributed by atoms with van der Waals surface area (Å²) < 4.78 is 5.36. The molecule has 2 aliphatic rings. The van der Waals surface area contributed by atoms with E-state index in [4.69, 9.17) is 4.74 Å². The van der Waals surface area contributed by atoms with Crippen LogP contribution in [-0.2, 0) is 16.0 Å². The van der Waals surface area contributed by atoms with Gasteiger partial charge in [0.15, 0.2) is 0 Å². The van der Waals surface area contributed by atoms with E-state index in [1.807, 2.05) is 6.07 Å². The second-order valence-corrected chi connectivity index (χ2v) is 6.20. The van der Waals surface area contributed by atoms with Crippen molar-refractivity contribution in [2.45, 2.75) is 26.2 Å². The van der Waals surface area contributed by atoms with E-state index in [1.165, 1.54) is 0 Å². The maximum absolute atomic E-state index is 12.3. The van der Waals surface area contributed by atoms with E-state index in [-0.39, 0.29) is 17.2 Å². The Hall–Kier alpha value is -1.88. The second kappa shape index (κ2) is 5.48. The van der Waals surface area contributed by atoms with Crippen LogP contribution in [0.3, 0.4) is 0 Å². The molecule has 2 heterocycles. The molecule has 0 spiro atoms. The lowest BCUT2D eigenvalue weighted by molar-refractivity contribution is -0.115. The number of anilines is 1. The van der Waals surface area contributed by atoms with Crippen molar-refractivity contribution in [2.24, 2.45) is 5.41 Å². The number of amides is 2. The third kappa shape index (κ3) is 3.08. The van der Waals surface area contributed by atoms with E-state index in [0.717, 1.165) is 37.3 Å². The van der Waals surface area contributed by atoms with Gasteiger partial charge in [0.25, 0.3) is 5.91 Å². The minimum Gasteiger partial charge on any atom is -0.381 e. The summed E-state index contributed by atoms with van der Waals surface area (Å²) in [7, 11) is 0.